The fourth-order valence-electron chi connectivity index (χ4n) is 4.63. The van der Waals surface area contributed by atoms with Gasteiger partial charge in [-0.15, -0.1) is 11.8 Å². The maximum atomic E-state index is 13.0. The normalized spacial score (nSPS) is 23.3. The number of thioether (sulfide) groups is 1. The van der Waals surface area contributed by atoms with Crippen molar-refractivity contribution in [3.05, 3.63) is 23.9 Å². The van der Waals surface area contributed by atoms with Crippen LogP contribution in [0.15, 0.2) is 23.4 Å². The molecular weight excluding hydrogens is 346 g/mol. The molecule has 144 valence electrons. The van der Waals surface area contributed by atoms with Gasteiger partial charge in [0.1, 0.15) is 5.03 Å². The lowest BCUT2D eigenvalue weighted by molar-refractivity contribution is -0.0351. The van der Waals surface area contributed by atoms with E-state index in [0.717, 1.165) is 43.9 Å². The third-order valence-corrected chi connectivity index (χ3v) is 6.99. The van der Waals surface area contributed by atoms with Crippen LogP contribution in [0.3, 0.4) is 0 Å². The van der Waals surface area contributed by atoms with Crippen molar-refractivity contribution < 1.29 is 9.90 Å². The third kappa shape index (κ3) is 3.92. The van der Waals surface area contributed by atoms with Gasteiger partial charge < -0.3 is 14.9 Å². The standard InChI is InChI=1S/C20H31N3O2S/c1-3-10-22-11-6-20(7-12-22)8-13-23(14-16(20)15-24)19(25)17-5-4-9-21-18(17)26-2/h4-5,9,16,24H,3,6-8,10-15H2,1-2H3/t16-/m1/s1. The number of aliphatic hydroxyl groups excluding tert-OH is 1. The molecule has 0 saturated carbocycles. The molecule has 1 aromatic rings. The largest absolute Gasteiger partial charge is 0.396 e. The predicted octanol–water partition coefficient (Wildman–Crippen LogP) is 2.75. The van der Waals surface area contributed by atoms with Crippen molar-refractivity contribution in [2.24, 2.45) is 11.3 Å². The molecule has 3 rings (SSSR count). The Bertz CT molecular complexity index is 617. The molecule has 0 bridgehead atoms. The van der Waals surface area contributed by atoms with E-state index in [0.29, 0.717) is 12.1 Å². The SMILES string of the molecule is CCCN1CCC2(CC1)CCN(C(=O)c1cccnc1SC)C[C@@H]2CO. The number of pyridine rings is 1. The van der Waals surface area contributed by atoms with E-state index >= 15 is 0 Å². The Morgan fingerprint density at radius 3 is 2.73 bits per heavy atom. The summed E-state index contributed by atoms with van der Waals surface area (Å²) in [6, 6.07) is 3.69. The second-order valence-corrected chi connectivity index (χ2v) is 8.44. The molecule has 1 atom stereocenters. The molecular formula is C20H31N3O2S. The molecule has 0 unspecified atom stereocenters. The molecule has 1 aromatic heterocycles. The van der Waals surface area contributed by atoms with Crippen LogP contribution in [0, 0.1) is 11.3 Å². The Hall–Kier alpha value is -1.11. The Balaban J connectivity index is 1.69. The number of carbonyl (C=O) groups is 1. The molecule has 0 aliphatic carbocycles. The van der Waals surface area contributed by atoms with E-state index in [4.69, 9.17) is 0 Å². The van der Waals surface area contributed by atoms with Crippen LogP contribution in [-0.4, -0.2) is 71.4 Å². The van der Waals surface area contributed by atoms with Gasteiger partial charge >= 0.3 is 0 Å². The van der Waals surface area contributed by atoms with Gasteiger partial charge in [-0.2, -0.15) is 0 Å². The predicted molar refractivity (Wildman–Crippen MR) is 106 cm³/mol. The first-order chi connectivity index (χ1) is 12.6. The zero-order valence-corrected chi connectivity index (χ0v) is 16.8. The van der Waals surface area contributed by atoms with Crippen molar-refractivity contribution in [2.75, 3.05) is 45.6 Å². The fourth-order valence-corrected chi connectivity index (χ4v) is 5.17. The summed E-state index contributed by atoms with van der Waals surface area (Å²) in [4.78, 5) is 21.8. The number of hydrogen-bond donors (Lipinski definition) is 1. The van der Waals surface area contributed by atoms with Gasteiger partial charge in [0, 0.05) is 31.8 Å². The van der Waals surface area contributed by atoms with Gasteiger partial charge in [-0.25, -0.2) is 4.98 Å². The van der Waals surface area contributed by atoms with E-state index in [1.165, 1.54) is 24.7 Å². The number of hydrogen-bond acceptors (Lipinski definition) is 5. The highest BCUT2D eigenvalue weighted by Crippen LogP contribution is 2.45. The van der Waals surface area contributed by atoms with Crippen LogP contribution in [0.1, 0.15) is 43.0 Å². The maximum Gasteiger partial charge on any atom is 0.256 e. The van der Waals surface area contributed by atoms with E-state index in [1.807, 2.05) is 23.3 Å². The molecule has 1 spiro atoms. The molecule has 26 heavy (non-hydrogen) atoms. The first kappa shape index (κ1) is 19.6. The van der Waals surface area contributed by atoms with E-state index in [-0.39, 0.29) is 23.8 Å². The molecule has 2 aliphatic heterocycles. The smallest absolute Gasteiger partial charge is 0.256 e. The van der Waals surface area contributed by atoms with Crippen LogP contribution in [0.4, 0.5) is 0 Å². The van der Waals surface area contributed by atoms with Gasteiger partial charge in [0.25, 0.3) is 5.91 Å². The molecule has 0 radical (unpaired) electrons. The Morgan fingerprint density at radius 1 is 1.35 bits per heavy atom. The molecule has 3 heterocycles. The molecule has 1 N–H and O–H groups in total. The number of amides is 1. The number of aliphatic hydroxyl groups is 1. The number of carbonyl (C=O) groups excluding carboxylic acids is 1. The Morgan fingerprint density at radius 2 is 2.08 bits per heavy atom. The topological polar surface area (TPSA) is 56.7 Å². The summed E-state index contributed by atoms with van der Waals surface area (Å²) >= 11 is 1.51. The van der Waals surface area contributed by atoms with Gasteiger partial charge in [-0.05, 0) is 69.1 Å². The van der Waals surface area contributed by atoms with Crippen molar-refractivity contribution in [1.82, 2.24) is 14.8 Å². The number of likely N-dealkylation sites (tertiary alicyclic amines) is 2. The van der Waals surface area contributed by atoms with Gasteiger partial charge in [-0.1, -0.05) is 6.92 Å². The van der Waals surface area contributed by atoms with E-state index < -0.39 is 0 Å². The Labute approximate surface area is 161 Å². The minimum atomic E-state index is 0.0548. The maximum absolute atomic E-state index is 13.0. The average molecular weight is 378 g/mol. The van der Waals surface area contributed by atoms with Crippen molar-refractivity contribution >= 4 is 17.7 Å². The minimum Gasteiger partial charge on any atom is -0.396 e. The monoisotopic (exact) mass is 377 g/mol. The molecule has 2 saturated heterocycles. The molecule has 2 fully saturated rings. The number of nitrogens with zero attached hydrogens (tertiary/aromatic N) is 3. The average Bonchev–Trinajstić information content (AvgIpc) is 2.69. The lowest BCUT2D eigenvalue weighted by Gasteiger charge is -2.51. The van der Waals surface area contributed by atoms with Crippen LogP contribution in [0.5, 0.6) is 0 Å². The van der Waals surface area contributed by atoms with Crippen molar-refractivity contribution in [2.45, 2.75) is 37.6 Å². The lowest BCUT2D eigenvalue weighted by Crippen LogP contribution is -2.54. The zero-order valence-electron chi connectivity index (χ0n) is 16.0. The first-order valence-corrected chi connectivity index (χ1v) is 11.0. The van der Waals surface area contributed by atoms with Crippen LogP contribution < -0.4 is 0 Å². The number of piperidine rings is 2. The number of aromatic nitrogens is 1. The van der Waals surface area contributed by atoms with E-state index in [1.54, 1.807) is 6.20 Å². The van der Waals surface area contributed by atoms with Gasteiger partial charge in [0.15, 0.2) is 0 Å². The highest BCUT2D eigenvalue weighted by molar-refractivity contribution is 7.98. The van der Waals surface area contributed by atoms with Crippen molar-refractivity contribution in [3.63, 3.8) is 0 Å². The molecule has 2 aliphatic rings. The van der Waals surface area contributed by atoms with Crippen molar-refractivity contribution in [1.29, 1.82) is 0 Å². The minimum absolute atomic E-state index is 0.0548. The highest BCUT2D eigenvalue weighted by Gasteiger charge is 2.45. The highest BCUT2D eigenvalue weighted by atomic mass is 32.2. The van der Waals surface area contributed by atoms with Gasteiger partial charge in [0.05, 0.1) is 5.56 Å². The zero-order chi connectivity index (χ0) is 18.6. The second-order valence-electron chi connectivity index (χ2n) is 7.64. The lowest BCUT2D eigenvalue weighted by atomic mass is 9.64. The first-order valence-electron chi connectivity index (χ1n) is 9.75. The summed E-state index contributed by atoms with van der Waals surface area (Å²) in [6.45, 7) is 7.25. The quantitative estimate of drug-likeness (QED) is 0.800. The van der Waals surface area contributed by atoms with Crippen LogP contribution in [-0.2, 0) is 0 Å². The molecule has 0 aromatic carbocycles. The molecule has 1 amide bonds. The molecule has 5 nitrogen and oxygen atoms in total. The summed E-state index contributed by atoms with van der Waals surface area (Å²) in [5, 5.41) is 10.9. The van der Waals surface area contributed by atoms with Crippen LogP contribution in [0.2, 0.25) is 0 Å². The summed E-state index contributed by atoms with van der Waals surface area (Å²) in [5.41, 5.74) is 0.887. The van der Waals surface area contributed by atoms with E-state index in [2.05, 4.69) is 16.8 Å². The van der Waals surface area contributed by atoms with Gasteiger partial charge in [-0.3, -0.25) is 4.79 Å². The van der Waals surface area contributed by atoms with E-state index in [9.17, 15) is 9.90 Å². The molecule has 6 heteroatoms. The summed E-state index contributed by atoms with van der Waals surface area (Å²) in [5.74, 6) is 0.234. The number of rotatable bonds is 5. The second kappa shape index (κ2) is 8.72. The van der Waals surface area contributed by atoms with Crippen LogP contribution >= 0.6 is 11.8 Å². The van der Waals surface area contributed by atoms with Crippen molar-refractivity contribution in [3.8, 4) is 0 Å². The van der Waals surface area contributed by atoms with Gasteiger partial charge in [0.2, 0.25) is 0 Å². The summed E-state index contributed by atoms with van der Waals surface area (Å²) in [7, 11) is 0. The Kier molecular flexibility index (Phi) is 6.59. The summed E-state index contributed by atoms with van der Waals surface area (Å²) in [6.07, 6.45) is 8.16. The van der Waals surface area contributed by atoms with Crippen LogP contribution in [0.25, 0.3) is 0 Å². The fraction of sp³-hybridized carbons (Fsp3) is 0.700. The third-order valence-electron chi connectivity index (χ3n) is 6.28. The summed E-state index contributed by atoms with van der Waals surface area (Å²) < 4.78 is 0.